The summed E-state index contributed by atoms with van der Waals surface area (Å²) in [7, 11) is 0. The summed E-state index contributed by atoms with van der Waals surface area (Å²) in [6.45, 7) is 19.7. The van der Waals surface area contributed by atoms with Crippen LogP contribution in [0.5, 0.6) is 0 Å². The molecule has 1 aromatic heterocycles. The van der Waals surface area contributed by atoms with E-state index in [0.717, 1.165) is 35.3 Å². The first kappa shape index (κ1) is 18.1. The van der Waals surface area contributed by atoms with Gasteiger partial charge < -0.3 is 4.57 Å². The standard InChI is InChI=1S/C23H29N/c1-7-11-23-20(6)24(19(5)22(23)8-2)15-10-9-12-21-14-13-17(3)18(4)16-21/h7-8,11,13-14,16H,1,5-6,9-10,12,15H2,2-4H3/b22-8-,23-11-. The van der Waals surface area contributed by atoms with Gasteiger partial charge in [-0.1, -0.05) is 56.2 Å². The minimum atomic E-state index is 0.967. The second-order valence-corrected chi connectivity index (χ2v) is 6.44. The predicted molar refractivity (Wildman–Crippen MR) is 108 cm³/mol. The summed E-state index contributed by atoms with van der Waals surface area (Å²) in [5.74, 6) is 0. The Morgan fingerprint density at radius 3 is 2.33 bits per heavy atom. The van der Waals surface area contributed by atoms with Crippen molar-refractivity contribution in [3.63, 3.8) is 0 Å². The van der Waals surface area contributed by atoms with E-state index in [4.69, 9.17) is 0 Å². The average Bonchev–Trinajstić information content (AvgIpc) is 2.78. The van der Waals surface area contributed by atoms with Crippen molar-refractivity contribution >= 4 is 25.3 Å². The lowest BCUT2D eigenvalue weighted by molar-refractivity contribution is 0.591. The number of hydrogen-bond donors (Lipinski definition) is 0. The smallest absolute Gasteiger partial charge is 0.0418 e. The molecule has 0 aliphatic heterocycles. The van der Waals surface area contributed by atoms with Crippen LogP contribution in [-0.2, 0) is 13.0 Å². The average molecular weight is 319 g/mol. The van der Waals surface area contributed by atoms with Gasteiger partial charge in [-0.3, -0.25) is 0 Å². The Morgan fingerprint density at radius 1 is 1.00 bits per heavy atom. The second kappa shape index (κ2) is 8.01. The molecule has 24 heavy (non-hydrogen) atoms. The van der Waals surface area contributed by atoms with Crippen LogP contribution in [0.15, 0.2) is 30.9 Å². The molecule has 2 aromatic rings. The Bertz CT molecular complexity index is 941. The van der Waals surface area contributed by atoms with Gasteiger partial charge in [0.15, 0.2) is 0 Å². The van der Waals surface area contributed by atoms with E-state index in [0.29, 0.717) is 0 Å². The van der Waals surface area contributed by atoms with E-state index >= 15 is 0 Å². The van der Waals surface area contributed by atoms with Crippen molar-refractivity contribution in [2.45, 2.75) is 46.6 Å². The van der Waals surface area contributed by atoms with E-state index in [1.165, 1.54) is 28.3 Å². The van der Waals surface area contributed by atoms with Gasteiger partial charge in [0, 0.05) is 27.7 Å². The lowest BCUT2D eigenvalue weighted by Gasteiger charge is -2.07. The van der Waals surface area contributed by atoms with E-state index in [1.54, 1.807) is 0 Å². The van der Waals surface area contributed by atoms with E-state index < -0.39 is 0 Å². The molecule has 0 N–H and O–H groups in total. The molecular formula is C23H29N. The molecule has 0 saturated carbocycles. The predicted octanol–water partition coefficient (Wildman–Crippen LogP) is 2.72. The summed E-state index contributed by atoms with van der Waals surface area (Å²) in [5, 5.41) is 4.42. The molecule has 1 heterocycles. The van der Waals surface area contributed by atoms with Crippen LogP contribution in [0.25, 0.3) is 25.3 Å². The van der Waals surface area contributed by atoms with Gasteiger partial charge in [-0.2, -0.15) is 0 Å². The number of unbranched alkanes of at least 4 members (excludes halogenated alkanes) is 1. The number of aromatic nitrogens is 1. The fourth-order valence-electron chi connectivity index (χ4n) is 3.22. The summed E-state index contributed by atoms with van der Waals surface area (Å²) >= 11 is 0. The number of allylic oxidation sites excluding steroid dienone is 1. The molecule has 0 fully saturated rings. The molecule has 0 bridgehead atoms. The largest absolute Gasteiger partial charge is 0.341 e. The third-order valence-corrected chi connectivity index (χ3v) is 4.81. The van der Waals surface area contributed by atoms with Gasteiger partial charge in [-0.05, 0) is 56.7 Å². The summed E-state index contributed by atoms with van der Waals surface area (Å²) < 4.78 is 2.24. The highest BCUT2D eigenvalue weighted by molar-refractivity contribution is 5.39. The third-order valence-electron chi connectivity index (χ3n) is 4.81. The van der Waals surface area contributed by atoms with Crippen LogP contribution in [0.2, 0.25) is 0 Å². The van der Waals surface area contributed by atoms with Gasteiger partial charge in [0.25, 0.3) is 0 Å². The van der Waals surface area contributed by atoms with Gasteiger partial charge in [-0.15, -0.1) is 0 Å². The van der Waals surface area contributed by atoms with E-state index in [1.807, 2.05) is 19.1 Å². The van der Waals surface area contributed by atoms with Crippen LogP contribution in [0.1, 0.15) is 36.5 Å². The van der Waals surface area contributed by atoms with Crippen molar-refractivity contribution in [1.82, 2.24) is 4.57 Å². The Labute approximate surface area is 145 Å². The van der Waals surface area contributed by atoms with Crippen LogP contribution in [-0.4, -0.2) is 4.57 Å². The maximum atomic E-state index is 4.25. The fourth-order valence-corrected chi connectivity index (χ4v) is 3.22. The maximum absolute atomic E-state index is 4.25. The highest BCUT2D eigenvalue weighted by atomic mass is 15.0. The van der Waals surface area contributed by atoms with Crippen LogP contribution >= 0.6 is 0 Å². The monoisotopic (exact) mass is 319 g/mol. The SMILES string of the molecule is C=C/C=c1/c(=C)n(CCCCc2ccc(C)c(C)c2)c(=C)/c1=C/C. The van der Waals surface area contributed by atoms with Crippen LogP contribution in [0, 0.1) is 13.8 Å². The van der Waals surface area contributed by atoms with E-state index in [-0.39, 0.29) is 0 Å². The number of benzene rings is 1. The van der Waals surface area contributed by atoms with Crippen molar-refractivity contribution in [2.24, 2.45) is 0 Å². The fraction of sp³-hybridized carbons (Fsp3) is 0.304. The Balaban J connectivity index is 2.09. The lowest BCUT2D eigenvalue weighted by Crippen LogP contribution is -2.36. The molecule has 0 atom stereocenters. The number of hydrogen-bond acceptors (Lipinski definition) is 0. The zero-order chi connectivity index (χ0) is 17.7. The molecule has 0 aliphatic carbocycles. The molecule has 2 rings (SSSR count). The van der Waals surface area contributed by atoms with Crippen molar-refractivity contribution in [3.05, 3.63) is 68.7 Å². The molecule has 0 amide bonds. The molecule has 0 aliphatic rings. The van der Waals surface area contributed by atoms with Gasteiger partial charge in [0.2, 0.25) is 0 Å². The van der Waals surface area contributed by atoms with Crippen LogP contribution < -0.4 is 21.1 Å². The topological polar surface area (TPSA) is 4.93 Å². The minimum absolute atomic E-state index is 0.967. The minimum Gasteiger partial charge on any atom is -0.341 e. The van der Waals surface area contributed by atoms with Crippen LogP contribution in [0.4, 0.5) is 0 Å². The zero-order valence-corrected chi connectivity index (χ0v) is 15.4. The number of rotatable bonds is 6. The maximum Gasteiger partial charge on any atom is 0.0418 e. The molecule has 0 spiro atoms. The number of nitrogens with zero attached hydrogens (tertiary/aromatic N) is 1. The van der Waals surface area contributed by atoms with Crippen molar-refractivity contribution < 1.29 is 0 Å². The molecule has 126 valence electrons. The first-order valence-electron chi connectivity index (χ1n) is 8.71. The molecule has 0 saturated heterocycles. The van der Waals surface area contributed by atoms with Gasteiger partial charge in [0.05, 0.1) is 0 Å². The molecule has 1 heteroatoms. The molecule has 1 aromatic carbocycles. The molecule has 0 radical (unpaired) electrons. The summed E-state index contributed by atoms with van der Waals surface area (Å²) in [6, 6.07) is 6.78. The van der Waals surface area contributed by atoms with Gasteiger partial charge in [0.1, 0.15) is 0 Å². The lowest BCUT2D eigenvalue weighted by atomic mass is 10.0. The highest BCUT2D eigenvalue weighted by Gasteiger charge is 2.01. The summed E-state index contributed by atoms with van der Waals surface area (Å²) in [5.41, 5.74) is 4.17. The van der Waals surface area contributed by atoms with Crippen LogP contribution in [0.3, 0.4) is 0 Å². The second-order valence-electron chi connectivity index (χ2n) is 6.44. The highest BCUT2D eigenvalue weighted by Crippen LogP contribution is 2.12. The summed E-state index contributed by atoms with van der Waals surface area (Å²) in [4.78, 5) is 0. The Hall–Kier alpha value is -2.28. The molecule has 1 nitrogen and oxygen atoms in total. The number of aryl methyl sites for hydroxylation is 3. The first-order chi connectivity index (χ1) is 11.5. The van der Waals surface area contributed by atoms with Crippen molar-refractivity contribution in [2.75, 3.05) is 0 Å². The normalized spacial score (nSPS) is 12.8. The van der Waals surface area contributed by atoms with Gasteiger partial charge in [-0.25, -0.2) is 0 Å². The zero-order valence-electron chi connectivity index (χ0n) is 15.4. The van der Waals surface area contributed by atoms with Crippen molar-refractivity contribution in [3.8, 4) is 0 Å². The van der Waals surface area contributed by atoms with Crippen molar-refractivity contribution in [1.29, 1.82) is 0 Å². The van der Waals surface area contributed by atoms with Gasteiger partial charge >= 0.3 is 0 Å². The quantitative estimate of drug-likeness (QED) is 0.722. The molecule has 0 unspecified atom stereocenters. The third kappa shape index (κ3) is 3.79. The summed E-state index contributed by atoms with van der Waals surface area (Å²) in [6.07, 6.45) is 9.38. The Morgan fingerprint density at radius 2 is 1.71 bits per heavy atom. The Kier molecular flexibility index (Phi) is 6.03. The van der Waals surface area contributed by atoms with E-state index in [9.17, 15) is 0 Å². The molecular weight excluding hydrogens is 290 g/mol. The first-order valence-corrected chi connectivity index (χ1v) is 8.71. The van der Waals surface area contributed by atoms with E-state index in [2.05, 4.69) is 62.4 Å².